The van der Waals surface area contributed by atoms with Crippen molar-refractivity contribution >= 4 is 5.91 Å². The first-order valence-corrected chi connectivity index (χ1v) is 9.21. The third-order valence-electron chi connectivity index (χ3n) is 4.80. The molecular formula is C19H25FN4O2. The summed E-state index contributed by atoms with van der Waals surface area (Å²) in [6.07, 6.45) is 4.47. The molecule has 1 saturated heterocycles. The van der Waals surface area contributed by atoms with E-state index in [-0.39, 0.29) is 11.7 Å². The van der Waals surface area contributed by atoms with Crippen LogP contribution in [-0.4, -0.2) is 46.6 Å². The SMILES string of the molecule is CC1CCCCN1CCNC(=O)CCc1nc(-c2ccc(F)cc2)no1. The summed E-state index contributed by atoms with van der Waals surface area (Å²) in [4.78, 5) is 18.7. The normalized spacial score (nSPS) is 18.0. The molecule has 1 aromatic carbocycles. The average Bonchev–Trinajstić information content (AvgIpc) is 3.11. The Bertz CT molecular complexity index is 717. The number of nitrogens with one attached hydrogen (secondary N) is 1. The van der Waals surface area contributed by atoms with Crippen LogP contribution in [0, 0.1) is 5.82 Å². The van der Waals surface area contributed by atoms with Gasteiger partial charge in [-0.05, 0) is 50.6 Å². The number of nitrogens with zero attached hydrogens (tertiary/aromatic N) is 3. The van der Waals surface area contributed by atoms with Gasteiger partial charge in [-0.15, -0.1) is 0 Å². The van der Waals surface area contributed by atoms with Gasteiger partial charge >= 0.3 is 0 Å². The van der Waals surface area contributed by atoms with E-state index in [9.17, 15) is 9.18 Å². The van der Waals surface area contributed by atoms with Gasteiger partial charge < -0.3 is 9.84 Å². The summed E-state index contributed by atoms with van der Waals surface area (Å²) in [5.74, 6) is 0.480. The summed E-state index contributed by atoms with van der Waals surface area (Å²) in [7, 11) is 0. The lowest BCUT2D eigenvalue weighted by Crippen LogP contribution is -2.42. The highest BCUT2D eigenvalue weighted by atomic mass is 19.1. The van der Waals surface area contributed by atoms with Crippen molar-refractivity contribution in [2.24, 2.45) is 0 Å². The standard InChI is InChI=1S/C19H25FN4O2/c1-14-4-2-3-12-24(14)13-11-21-17(25)9-10-18-22-19(23-26-18)15-5-7-16(20)8-6-15/h5-8,14H,2-4,9-13H2,1H3,(H,21,25). The molecule has 0 saturated carbocycles. The number of rotatable bonds is 7. The van der Waals surface area contributed by atoms with Gasteiger partial charge in [-0.1, -0.05) is 11.6 Å². The largest absolute Gasteiger partial charge is 0.355 e. The first kappa shape index (κ1) is 18.5. The number of aromatic nitrogens is 2. The molecule has 3 rings (SSSR count). The molecule has 0 spiro atoms. The van der Waals surface area contributed by atoms with Crippen LogP contribution in [0.4, 0.5) is 4.39 Å². The van der Waals surface area contributed by atoms with Crippen molar-refractivity contribution in [3.8, 4) is 11.4 Å². The number of halogens is 1. The van der Waals surface area contributed by atoms with Crippen LogP contribution in [-0.2, 0) is 11.2 Å². The second kappa shape index (κ2) is 8.89. The molecule has 140 valence electrons. The molecule has 1 atom stereocenters. The zero-order chi connectivity index (χ0) is 18.4. The fourth-order valence-corrected chi connectivity index (χ4v) is 3.21. The van der Waals surface area contributed by atoms with Crippen LogP contribution < -0.4 is 5.32 Å². The fraction of sp³-hybridized carbons (Fsp3) is 0.526. The molecule has 1 aliphatic rings. The van der Waals surface area contributed by atoms with Gasteiger partial charge in [0, 0.05) is 37.5 Å². The third kappa shape index (κ3) is 5.11. The van der Waals surface area contributed by atoms with E-state index in [0.29, 0.717) is 42.7 Å². The Labute approximate surface area is 152 Å². The molecule has 6 nitrogen and oxygen atoms in total. The van der Waals surface area contributed by atoms with E-state index in [0.717, 1.165) is 13.1 Å². The Kier molecular flexibility index (Phi) is 6.33. The number of carbonyl (C=O) groups is 1. The average molecular weight is 360 g/mol. The summed E-state index contributed by atoms with van der Waals surface area (Å²) >= 11 is 0. The predicted octanol–water partition coefficient (Wildman–Crippen LogP) is 2.80. The topological polar surface area (TPSA) is 71.3 Å². The second-order valence-electron chi connectivity index (χ2n) is 6.75. The smallest absolute Gasteiger partial charge is 0.227 e. The molecule has 0 aliphatic carbocycles. The Morgan fingerprint density at radius 2 is 2.15 bits per heavy atom. The maximum atomic E-state index is 12.9. The molecule has 0 radical (unpaired) electrons. The number of likely N-dealkylation sites (tertiary alicyclic amines) is 1. The minimum absolute atomic E-state index is 0.0174. The van der Waals surface area contributed by atoms with Gasteiger partial charge in [0.1, 0.15) is 5.82 Å². The summed E-state index contributed by atoms with van der Waals surface area (Å²) in [6.45, 7) is 4.91. The lowest BCUT2D eigenvalue weighted by Gasteiger charge is -2.33. The molecule has 2 aromatic rings. The van der Waals surface area contributed by atoms with Crippen LogP contribution in [0.15, 0.2) is 28.8 Å². The summed E-state index contributed by atoms with van der Waals surface area (Å²) in [5.41, 5.74) is 0.682. The van der Waals surface area contributed by atoms with Gasteiger partial charge in [-0.3, -0.25) is 9.69 Å². The summed E-state index contributed by atoms with van der Waals surface area (Å²) < 4.78 is 18.1. The minimum atomic E-state index is -0.312. The van der Waals surface area contributed by atoms with Gasteiger partial charge in [0.2, 0.25) is 17.6 Å². The molecular weight excluding hydrogens is 335 g/mol. The quantitative estimate of drug-likeness (QED) is 0.822. The second-order valence-corrected chi connectivity index (χ2v) is 6.75. The molecule has 7 heteroatoms. The van der Waals surface area contributed by atoms with Gasteiger partial charge in [-0.2, -0.15) is 4.98 Å². The van der Waals surface area contributed by atoms with Crippen LogP contribution in [0.1, 0.15) is 38.5 Å². The summed E-state index contributed by atoms with van der Waals surface area (Å²) in [5, 5.41) is 6.83. The van der Waals surface area contributed by atoms with E-state index in [1.165, 1.54) is 31.4 Å². The molecule has 1 fully saturated rings. The van der Waals surface area contributed by atoms with E-state index in [1.807, 2.05) is 0 Å². The Morgan fingerprint density at radius 3 is 2.92 bits per heavy atom. The Morgan fingerprint density at radius 1 is 1.35 bits per heavy atom. The zero-order valence-electron chi connectivity index (χ0n) is 15.1. The number of carbonyl (C=O) groups excluding carboxylic acids is 1. The first-order chi connectivity index (χ1) is 12.6. The van der Waals surface area contributed by atoms with Crippen molar-refractivity contribution in [3.05, 3.63) is 36.0 Å². The van der Waals surface area contributed by atoms with E-state index in [1.54, 1.807) is 12.1 Å². The maximum absolute atomic E-state index is 12.9. The van der Waals surface area contributed by atoms with Gasteiger partial charge in [0.25, 0.3) is 0 Å². The lowest BCUT2D eigenvalue weighted by atomic mass is 10.0. The van der Waals surface area contributed by atoms with Crippen molar-refractivity contribution in [1.29, 1.82) is 0 Å². The monoisotopic (exact) mass is 360 g/mol. The molecule has 26 heavy (non-hydrogen) atoms. The summed E-state index contributed by atoms with van der Waals surface area (Å²) in [6, 6.07) is 6.49. The van der Waals surface area contributed by atoms with Crippen molar-refractivity contribution in [2.75, 3.05) is 19.6 Å². The van der Waals surface area contributed by atoms with Gasteiger partial charge in [0.05, 0.1) is 0 Å². The highest BCUT2D eigenvalue weighted by Crippen LogP contribution is 2.17. The van der Waals surface area contributed by atoms with Crippen LogP contribution in [0.25, 0.3) is 11.4 Å². The van der Waals surface area contributed by atoms with E-state index in [2.05, 4.69) is 27.3 Å². The molecule has 2 heterocycles. The lowest BCUT2D eigenvalue weighted by molar-refractivity contribution is -0.121. The van der Waals surface area contributed by atoms with E-state index in [4.69, 9.17) is 4.52 Å². The molecule has 1 N–H and O–H groups in total. The van der Waals surface area contributed by atoms with Crippen LogP contribution >= 0.6 is 0 Å². The zero-order valence-corrected chi connectivity index (χ0v) is 15.1. The molecule has 1 amide bonds. The van der Waals surface area contributed by atoms with E-state index < -0.39 is 0 Å². The van der Waals surface area contributed by atoms with Crippen LogP contribution in [0.5, 0.6) is 0 Å². The highest BCUT2D eigenvalue weighted by Gasteiger charge is 2.17. The third-order valence-corrected chi connectivity index (χ3v) is 4.80. The maximum Gasteiger partial charge on any atom is 0.227 e. The Hall–Kier alpha value is -2.28. The molecule has 1 unspecified atom stereocenters. The van der Waals surface area contributed by atoms with Crippen molar-refractivity contribution < 1.29 is 13.7 Å². The van der Waals surface area contributed by atoms with Crippen LogP contribution in [0.3, 0.4) is 0 Å². The van der Waals surface area contributed by atoms with Crippen molar-refractivity contribution in [2.45, 2.75) is 45.1 Å². The number of amides is 1. The number of piperidine rings is 1. The number of aryl methyl sites for hydroxylation is 1. The fourth-order valence-electron chi connectivity index (χ4n) is 3.21. The molecule has 0 bridgehead atoms. The molecule has 1 aliphatic heterocycles. The number of benzene rings is 1. The van der Waals surface area contributed by atoms with E-state index >= 15 is 0 Å². The van der Waals surface area contributed by atoms with Gasteiger partial charge in [-0.25, -0.2) is 4.39 Å². The van der Waals surface area contributed by atoms with Gasteiger partial charge in [0.15, 0.2) is 0 Å². The minimum Gasteiger partial charge on any atom is -0.355 e. The van der Waals surface area contributed by atoms with Crippen molar-refractivity contribution in [1.82, 2.24) is 20.4 Å². The number of hydrogen-bond acceptors (Lipinski definition) is 5. The number of hydrogen-bond donors (Lipinski definition) is 1. The predicted molar refractivity (Wildman–Crippen MR) is 95.9 cm³/mol. The van der Waals surface area contributed by atoms with Crippen LogP contribution in [0.2, 0.25) is 0 Å². The van der Waals surface area contributed by atoms with Crippen molar-refractivity contribution in [3.63, 3.8) is 0 Å². The first-order valence-electron chi connectivity index (χ1n) is 9.21. The highest BCUT2D eigenvalue weighted by molar-refractivity contribution is 5.76. The Balaban J connectivity index is 1.40. The molecule has 1 aromatic heterocycles.